The number of sulfonamides is 1. The number of hydrogen-bond acceptors (Lipinski definition) is 4. The normalized spacial score (nSPS) is 12.3. The Hall–Kier alpha value is -1.57. The van der Waals surface area contributed by atoms with Gasteiger partial charge in [0.25, 0.3) is 0 Å². The van der Waals surface area contributed by atoms with Gasteiger partial charge in [-0.25, -0.2) is 13.1 Å². The van der Waals surface area contributed by atoms with Gasteiger partial charge in [0, 0.05) is 35.9 Å². The molecule has 4 N–H and O–H groups in total. The maximum Gasteiger partial charge on any atom is 0.242 e. The van der Waals surface area contributed by atoms with Gasteiger partial charge < -0.3 is 15.6 Å². The lowest BCUT2D eigenvalue weighted by Crippen LogP contribution is -2.32. The third-order valence-corrected chi connectivity index (χ3v) is 4.78. The molecule has 110 valence electrons. The highest BCUT2D eigenvalue weighted by atomic mass is 32.2. The first-order chi connectivity index (χ1) is 9.44. The molecule has 0 radical (unpaired) electrons. The molecule has 0 aliphatic carbocycles. The van der Waals surface area contributed by atoms with Gasteiger partial charge in [0.2, 0.25) is 10.0 Å². The van der Waals surface area contributed by atoms with Crippen LogP contribution in [0, 0.1) is 0 Å². The van der Waals surface area contributed by atoms with Crippen LogP contribution < -0.4 is 10.5 Å². The minimum Gasteiger partial charge on any atom is -0.399 e. The van der Waals surface area contributed by atoms with Gasteiger partial charge in [-0.15, -0.1) is 0 Å². The fourth-order valence-corrected chi connectivity index (χ4v) is 3.14. The number of benzene rings is 1. The van der Waals surface area contributed by atoms with Gasteiger partial charge >= 0.3 is 0 Å². The number of rotatable bonds is 6. The molecule has 0 saturated carbocycles. The monoisotopic (exact) mass is 296 g/mol. The lowest BCUT2D eigenvalue weighted by molar-refractivity contribution is 0.358. The summed E-state index contributed by atoms with van der Waals surface area (Å²) in [5.41, 5.74) is 7.00. The number of aromatic nitrogens is 1. The summed E-state index contributed by atoms with van der Waals surface area (Å²) in [6, 6.07) is 5.13. The average Bonchev–Trinajstić information content (AvgIpc) is 2.81. The SMILES string of the molecule is CCN(C)CCNS(=O)(=O)c1c[nH]c2cc(N)ccc12. The van der Waals surface area contributed by atoms with Gasteiger partial charge in [-0.2, -0.15) is 0 Å². The highest BCUT2D eigenvalue weighted by Gasteiger charge is 2.18. The topological polar surface area (TPSA) is 91.2 Å². The van der Waals surface area contributed by atoms with Crippen molar-refractivity contribution in [3.05, 3.63) is 24.4 Å². The Kier molecular flexibility index (Phi) is 4.32. The molecule has 2 rings (SSSR count). The number of nitrogens with zero attached hydrogens (tertiary/aromatic N) is 1. The van der Waals surface area contributed by atoms with Crippen LogP contribution in [0.2, 0.25) is 0 Å². The Bertz CT molecular complexity index is 693. The Morgan fingerprint density at radius 3 is 2.85 bits per heavy atom. The maximum absolute atomic E-state index is 12.3. The molecule has 0 unspecified atom stereocenters. The smallest absolute Gasteiger partial charge is 0.242 e. The number of aromatic amines is 1. The highest BCUT2D eigenvalue weighted by Crippen LogP contribution is 2.24. The molecule has 0 atom stereocenters. The van der Waals surface area contributed by atoms with Gasteiger partial charge in [-0.1, -0.05) is 6.92 Å². The Morgan fingerprint density at radius 2 is 2.15 bits per heavy atom. The van der Waals surface area contributed by atoms with Crippen molar-refractivity contribution in [1.29, 1.82) is 0 Å². The van der Waals surface area contributed by atoms with E-state index >= 15 is 0 Å². The van der Waals surface area contributed by atoms with Crippen molar-refractivity contribution < 1.29 is 8.42 Å². The summed E-state index contributed by atoms with van der Waals surface area (Å²) in [5, 5.41) is 0.649. The average molecular weight is 296 g/mol. The number of H-pyrrole nitrogens is 1. The standard InChI is InChI=1S/C13H20N4O2S/c1-3-17(2)7-6-16-20(18,19)13-9-15-12-8-10(14)4-5-11(12)13/h4-5,8-9,15-16H,3,6-7,14H2,1-2H3. The van der Waals surface area contributed by atoms with Crippen LogP contribution in [0.5, 0.6) is 0 Å². The molecule has 0 spiro atoms. The van der Waals surface area contributed by atoms with Gasteiger partial charge in [0.15, 0.2) is 0 Å². The van der Waals surface area contributed by atoms with Crippen molar-refractivity contribution in [2.75, 3.05) is 32.4 Å². The zero-order chi connectivity index (χ0) is 14.8. The second-order valence-corrected chi connectivity index (χ2v) is 6.49. The van der Waals surface area contributed by atoms with Crippen molar-refractivity contribution in [1.82, 2.24) is 14.6 Å². The van der Waals surface area contributed by atoms with Gasteiger partial charge in [-0.05, 0) is 31.8 Å². The Labute approximate surface area is 119 Å². The number of nitrogen functional groups attached to an aromatic ring is 1. The van der Waals surface area contributed by atoms with E-state index < -0.39 is 10.0 Å². The van der Waals surface area contributed by atoms with Crippen molar-refractivity contribution in [3.63, 3.8) is 0 Å². The predicted molar refractivity (Wildman–Crippen MR) is 81.1 cm³/mol. The van der Waals surface area contributed by atoms with Crippen LogP contribution in [-0.4, -0.2) is 45.0 Å². The number of fused-ring (bicyclic) bond motifs is 1. The van der Waals surface area contributed by atoms with Crippen molar-refractivity contribution in [2.45, 2.75) is 11.8 Å². The van der Waals surface area contributed by atoms with E-state index in [0.29, 0.717) is 24.2 Å². The zero-order valence-electron chi connectivity index (χ0n) is 11.7. The summed E-state index contributed by atoms with van der Waals surface area (Å²) in [6.07, 6.45) is 1.50. The minimum atomic E-state index is -3.51. The number of nitrogens with one attached hydrogen (secondary N) is 2. The second-order valence-electron chi connectivity index (χ2n) is 4.75. The van der Waals surface area contributed by atoms with Crippen LogP contribution in [0.3, 0.4) is 0 Å². The molecule has 0 amide bonds. The molecular formula is C13H20N4O2S. The van der Waals surface area contributed by atoms with Crippen LogP contribution in [0.15, 0.2) is 29.3 Å². The number of likely N-dealkylation sites (N-methyl/N-ethyl adjacent to an activating group) is 1. The molecule has 0 fully saturated rings. The summed E-state index contributed by atoms with van der Waals surface area (Å²) in [5.74, 6) is 0. The fraction of sp³-hybridized carbons (Fsp3) is 0.385. The van der Waals surface area contributed by atoms with Gasteiger partial charge in [0.1, 0.15) is 4.90 Å². The highest BCUT2D eigenvalue weighted by molar-refractivity contribution is 7.89. The molecule has 7 heteroatoms. The first-order valence-corrected chi connectivity index (χ1v) is 7.97. The number of hydrogen-bond donors (Lipinski definition) is 3. The summed E-state index contributed by atoms with van der Waals surface area (Å²) >= 11 is 0. The van der Waals surface area contributed by atoms with Crippen LogP contribution in [0.1, 0.15) is 6.92 Å². The van der Waals surface area contributed by atoms with Crippen LogP contribution in [0.4, 0.5) is 5.69 Å². The van der Waals surface area contributed by atoms with Gasteiger partial charge in [-0.3, -0.25) is 0 Å². The quantitative estimate of drug-likeness (QED) is 0.693. The first-order valence-electron chi connectivity index (χ1n) is 6.49. The van der Waals surface area contributed by atoms with Crippen LogP contribution in [0.25, 0.3) is 10.9 Å². The maximum atomic E-state index is 12.3. The summed E-state index contributed by atoms with van der Waals surface area (Å²) < 4.78 is 27.2. The van der Waals surface area contributed by atoms with E-state index in [-0.39, 0.29) is 4.90 Å². The lowest BCUT2D eigenvalue weighted by atomic mass is 10.2. The van der Waals surface area contributed by atoms with E-state index in [4.69, 9.17) is 5.73 Å². The minimum absolute atomic E-state index is 0.256. The van der Waals surface area contributed by atoms with E-state index in [1.54, 1.807) is 18.2 Å². The number of anilines is 1. The van der Waals surface area contributed by atoms with E-state index in [2.05, 4.69) is 9.71 Å². The van der Waals surface area contributed by atoms with Crippen molar-refractivity contribution in [2.24, 2.45) is 0 Å². The lowest BCUT2D eigenvalue weighted by Gasteiger charge is -2.13. The van der Waals surface area contributed by atoms with Gasteiger partial charge in [0.05, 0.1) is 0 Å². The van der Waals surface area contributed by atoms with E-state index in [9.17, 15) is 8.42 Å². The van der Waals surface area contributed by atoms with Crippen LogP contribution >= 0.6 is 0 Å². The summed E-state index contributed by atoms with van der Waals surface area (Å²) in [7, 11) is -1.56. The molecule has 1 aromatic heterocycles. The molecule has 0 aliphatic rings. The molecule has 6 nitrogen and oxygen atoms in total. The summed E-state index contributed by atoms with van der Waals surface area (Å²) in [6.45, 7) is 3.96. The number of nitrogens with two attached hydrogens (primary N) is 1. The molecule has 0 saturated heterocycles. The summed E-state index contributed by atoms with van der Waals surface area (Å²) in [4.78, 5) is 5.23. The molecular weight excluding hydrogens is 276 g/mol. The molecule has 1 heterocycles. The third-order valence-electron chi connectivity index (χ3n) is 3.28. The van der Waals surface area contributed by atoms with Crippen molar-refractivity contribution in [3.8, 4) is 0 Å². The Balaban J connectivity index is 2.19. The largest absolute Gasteiger partial charge is 0.399 e. The molecule has 20 heavy (non-hydrogen) atoms. The Morgan fingerprint density at radius 1 is 1.40 bits per heavy atom. The van der Waals surface area contributed by atoms with Crippen molar-refractivity contribution >= 4 is 26.6 Å². The van der Waals surface area contributed by atoms with E-state index in [0.717, 1.165) is 12.1 Å². The molecule has 0 aliphatic heterocycles. The first kappa shape index (κ1) is 14.8. The van der Waals surface area contributed by atoms with Crippen LogP contribution in [-0.2, 0) is 10.0 Å². The predicted octanol–water partition coefficient (Wildman–Crippen LogP) is 0.980. The molecule has 2 aromatic rings. The molecule has 1 aromatic carbocycles. The second kappa shape index (κ2) is 5.82. The fourth-order valence-electron chi connectivity index (χ4n) is 1.95. The molecule has 0 bridgehead atoms. The van der Waals surface area contributed by atoms with E-state index in [1.807, 2.05) is 18.9 Å². The zero-order valence-corrected chi connectivity index (χ0v) is 12.5. The third kappa shape index (κ3) is 3.12. The van der Waals surface area contributed by atoms with E-state index in [1.165, 1.54) is 6.20 Å².